The smallest absolute Gasteiger partial charge is 0.177 e. The molecule has 0 spiro atoms. The first-order chi connectivity index (χ1) is 14.1. The zero-order chi connectivity index (χ0) is 22.9. The van der Waals surface area contributed by atoms with E-state index in [9.17, 15) is 19.8 Å². The molecule has 5 heteroatoms. The normalized spacial score (nSPS) is 14.7. The largest absolute Gasteiger partial charge is 0.550 e. The zero-order valence-corrected chi connectivity index (χ0v) is 19.6. The summed E-state index contributed by atoms with van der Waals surface area (Å²) < 4.78 is 0.314. The maximum atomic E-state index is 12.4. The maximum Gasteiger partial charge on any atom is 0.177 e. The van der Waals surface area contributed by atoms with E-state index in [1.807, 2.05) is 21.1 Å². The number of quaternary nitrogens is 1. The minimum absolute atomic E-state index is 0.0662. The molecule has 1 atom stereocenters. The van der Waals surface area contributed by atoms with Gasteiger partial charge in [-0.25, -0.2) is 0 Å². The zero-order valence-electron chi connectivity index (χ0n) is 19.6. The molecule has 5 nitrogen and oxygen atoms in total. The third kappa shape index (κ3) is 16.1. The number of nitrogens with zero attached hydrogens (tertiary/aromatic N) is 1. The number of hydrogen-bond acceptors (Lipinski definition) is 4. The molecule has 30 heavy (non-hydrogen) atoms. The number of aliphatic carboxylic acids is 1. The van der Waals surface area contributed by atoms with E-state index in [0.29, 0.717) is 10.9 Å². The van der Waals surface area contributed by atoms with Gasteiger partial charge in [-0.05, 0) is 38.5 Å². The second kappa shape index (κ2) is 16.0. The van der Waals surface area contributed by atoms with Gasteiger partial charge >= 0.3 is 0 Å². The summed E-state index contributed by atoms with van der Waals surface area (Å²) in [5.41, 5.74) is -1.84. The molecule has 0 aromatic heterocycles. The Morgan fingerprint density at radius 2 is 1.40 bits per heavy atom. The summed E-state index contributed by atoms with van der Waals surface area (Å²) in [6.07, 6.45) is 21.7. The molecule has 0 fully saturated rings. The molecular weight excluding hydrogens is 378 g/mol. The molecule has 0 bridgehead atoms. The molecule has 0 aliphatic rings. The Balaban J connectivity index is 3.95. The van der Waals surface area contributed by atoms with E-state index in [1.165, 1.54) is 0 Å². The number of carboxylic acids is 1. The number of aliphatic hydroxyl groups is 1. The first kappa shape index (κ1) is 28.3. The number of ketones is 1. The average Bonchev–Trinajstić information content (AvgIpc) is 2.62. The minimum Gasteiger partial charge on any atom is -0.550 e. The van der Waals surface area contributed by atoms with Crippen LogP contribution < -0.4 is 5.11 Å². The van der Waals surface area contributed by atoms with Gasteiger partial charge in [0.1, 0.15) is 6.54 Å². The highest BCUT2D eigenvalue weighted by Gasteiger charge is 2.40. The molecule has 0 radical (unpaired) electrons. The second-order valence-corrected chi connectivity index (χ2v) is 9.05. The maximum absolute atomic E-state index is 12.4. The van der Waals surface area contributed by atoms with Crippen LogP contribution in [-0.2, 0) is 9.59 Å². The Labute approximate surface area is 183 Å². The van der Waals surface area contributed by atoms with Crippen LogP contribution in [0, 0.1) is 0 Å². The molecule has 0 aromatic rings. The Bertz CT molecular complexity index is 572. The number of unbranched alkanes of at least 4 members (excludes halogenated alkanes) is 5. The molecule has 0 saturated carbocycles. The molecule has 0 aliphatic carbocycles. The van der Waals surface area contributed by atoms with Crippen molar-refractivity contribution in [3.63, 3.8) is 0 Å². The molecule has 1 unspecified atom stereocenters. The lowest BCUT2D eigenvalue weighted by atomic mass is 9.89. The second-order valence-electron chi connectivity index (χ2n) is 9.05. The highest BCUT2D eigenvalue weighted by Crippen LogP contribution is 2.19. The summed E-state index contributed by atoms with van der Waals surface area (Å²) >= 11 is 0. The Morgan fingerprint density at radius 1 is 0.867 bits per heavy atom. The summed E-state index contributed by atoms with van der Waals surface area (Å²) in [5.74, 6) is -1.78. The van der Waals surface area contributed by atoms with Crippen molar-refractivity contribution in [2.24, 2.45) is 0 Å². The van der Waals surface area contributed by atoms with Crippen molar-refractivity contribution in [1.82, 2.24) is 0 Å². The Kier molecular flexibility index (Phi) is 15.1. The molecule has 0 amide bonds. The van der Waals surface area contributed by atoms with Crippen molar-refractivity contribution in [2.45, 2.75) is 83.2 Å². The van der Waals surface area contributed by atoms with Crippen molar-refractivity contribution in [3.05, 3.63) is 36.5 Å². The SMILES string of the molecule is CCC=CCC=CCC=CCCCCCCCC(=O)C(O)(CC(=O)[O-])C[N+](C)(C)C. The molecule has 0 rings (SSSR count). The van der Waals surface area contributed by atoms with Gasteiger partial charge in [-0.15, -0.1) is 0 Å². The fourth-order valence-corrected chi connectivity index (χ4v) is 3.40. The van der Waals surface area contributed by atoms with E-state index in [0.717, 1.165) is 51.4 Å². The van der Waals surface area contributed by atoms with Crippen LogP contribution in [0.25, 0.3) is 0 Å². The fourth-order valence-electron chi connectivity index (χ4n) is 3.40. The monoisotopic (exact) mass is 421 g/mol. The minimum atomic E-state index is -1.84. The number of likely N-dealkylation sites (N-methyl/N-ethyl adjacent to an activating group) is 1. The van der Waals surface area contributed by atoms with E-state index < -0.39 is 18.0 Å². The first-order valence-electron chi connectivity index (χ1n) is 11.3. The third-order valence-electron chi connectivity index (χ3n) is 4.75. The fraction of sp³-hybridized carbons (Fsp3) is 0.680. The lowest BCUT2D eigenvalue weighted by Gasteiger charge is -2.34. The van der Waals surface area contributed by atoms with Crippen molar-refractivity contribution >= 4 is 11.8 Å². The van der Waals surface area contributed by atoms with Gasteiger partial charge in [0.05, 0.1) is 21.1 Å². The van der Waals surface area contributed by atoms with Gasteiger partial charge in [0.15, 0.2) is 11.4 Å². The van der Waals surface area contributed by atoms with E-state index >= 15 is 0 Å². The number of carboxylic acid groups (broad SMARTS) is 1. The van der Waals surface area contributed by atoms with Crippen LogP contribution >= 0.6 is 0 Å². The molecule has 172 valence electrons. The molecule has 0 aromatic carbocycles. The van der Waals surface area contributed by atoms with E-state index in [1.54, 1.807) is 0 Å². The predicted molar refractivity (Wildman–Crippen MR) is 122 cm³/mol. The summed E-state index contributed by atoms with van der Waals surface area (Å²) in [4.78, 5) is 23.4. The van der Waals surface area contributed by atoms with Crippen LogP contribution in [0.3, 0.4) is 0 Å². The number of Topliss-reactive ketones (excluding diaryl/α,β-unsaturated/α-hetero) is 1. The van der Waals surface area contributed by atoms with Crippen LogP contribution in [0.2, 0.25) is 0 Å². The lowest BCUT2D eigenvalue weighted by Crippen LogP contribution is -2.56. The van der Waals surface area contributed by atoms with Gasteiger partial charge in [-0.2, -0.15) is 0 Å². The number of allylic oxidation sites excluding steroid dienone is 6. The highest BCUT2D eigenvalue weighted by molar-refractivity contribution is 5.90. The summed E-state index contributed by atoms with van der Waals surface area (Å²) in [6, 6.07) is 0. The summed E-state index contributed by atoms with van der Waals surface area (Å²) in [7, 11) is 5.47. The van der Waals surface area contributed by atoms with Crippen molar-refractivity contribution in [1.29, 1.82) is 0 Å². The molecule has 0 aliphatic heterocycles. The third-order valence-corrected chi connectivity index (χ3v) is 4.75. The van der Waals surface area contributed by atoms with Gasteiger partial charge in [-0.1, -0.05) is 62.6 Å². The summed E-state index contributed by atoms with van der Waals surface area (Å²) in [6.45, 7) is 2.20. The summed E-state index contributed by atoms with van der Waals surface area (Å²) in [5, 5.41) is 21.6. The standard InChI is InChI=1S/C25H43NO4/c1-5-6-7-8-9-10-11-12-13-14-15-16-17-18-19-20-23(27)25(30,21-24(28)29)22-26(2,3)4/h6-7,9-10,12-13,30H,5,8,11,14-22H2,1-4H3. The van der Waals surface area contributed by atoms with Crippen LogP contribution in [0.15, 0.2) is 36.5 Å². The Morgan fingerprint density at radius 3 is 1.97 bits per heavy atom. The van der Waals surface area contributed by atoms with Crippen molar-refractivity contribution in [2.75, 3.05) is 27.7 Å². The van der Waals surface area contributed by atoms with Gasteiger partial charge in [0, 0.05) is 18.8 Å². The van der Waals surface area contributed by atoms with E-state index in [4.69, 9.17) is 0 Å². The number of hydrogen-bond donors (Lipinski definition) is 1. The number of rotatable bonds is 18. The van der Waals surface area contributed by atoms with Crippen molar-refractivity contribution in [3.8, 4) is 0 Å². The van der Waals surface area contributed by atoms with Crippen LogP contribution in [0.1, 0.15) is 77.6 Å². The van der Waals surface area contributed by atoms with Gasteiger partial charge in [0.25, 0.3) is 0 Å². The van der Waals surface area contributed by atoms with E-state index in [2.05, 4.69) is 43.4 Å². The molecular formula is C25H43NO4. The molecule has 0 heterocycles. The first-order valence-corrected chi connectivity index (χ1v) is 11.3. The van der Waals surface area contributed by atoms with Crippen LogP contribution in [0.5, 0.6) is 0 Å². The van der Waals surface area contributed by atoms with Crippen molar-refractivity contribution < 1.29 is 24.3 Å². The number of carbonyl (C=O) groups excluding carboxylic acids is 2. The van der Waals surface area contributed by atoms with Gasteiger partial charge in [0.2, 0.25) is 0 Å². The van der Waals surface area contributed by atoms with E-state index in [-0.39, 0.29) is 18.7 Å². The highest BCUT2D eigenvalue weighted by atomic mass is 16.4. The Hall–Kier alpha value is -1.72. The topological polar surface area (TPSA) is 77.4 Å². The molecule has 1 N–H and O–H groups in total. The van der Waals surface area contributed by atoms with Crippen LogP contribution in [0.4, 0.5) is 0 Å². The van der Waals surface area contributed by atoms with Crippen LogP contribution in [-0.4, -0.2) is 54.6 Å². The molecule has 0 saturated heterocycles. The lowest BCUT2D eigenvalue weighted by molar-refractivity contribution is -0.875. The predicted octanol–water partition coefficient (Wildman–Crippen LogP) is 3.72. The van der Waals surface area contributed by atoms with Gasteiger partial charge in [-0.3, -0.25) is 4.79 Å². The quantitative estimate of drug-likeness (QED) is 0.208. The van der Waals surface area contributed by atoms with Gasteiger partial charge < -0.3 is 19.5 Å². The number of carbonyl (C=O) groups is 2. The average molecular weight is 422 g/mol.